The standard InChI is InChI=1S/C30H42N8O8/c1-3-15(2)25(37-27(42)20(13-24(33)40)35-26(41)18(31)12-23(32)39)29(44)38-10-6-9-22(38)28(43)36-21(30(45)46)11-16-14-34-19-8-5-4-7-17(16)19/h4-5,7-8,14-15,18,20-22,25,34H,3,6,9-13,31H2,1-2H3,(H2,32,39)(H2,33,40)(H,35,41)(H,36,43)(H,37,42)(H,45,46)/t15-,18-,20-,21-,22-,25-/m0/s1. The summed E-state index contributed by atoms with van der Waals surface area (Å²) < 4.78 is 0. The molecule has 1 saturated heterocycles. The number of H-pyrrole nitrogens is 1. The minimum Gasteiger partial charge on any atom is -0.480 e. The van der Waals surface area contributed by atoms with Gasteiger partial charge in [0.2, 0.25) is 35.4 Å². The third kappa shape index (κ3) is 9.03. The lowest BCUT2D eigenvalue weighted by molar-refractivity contribution is -0.145. The first-order chi connectivity index (χ1) is 21.7. The van der Waals surface area contributed by atoms with Crippen LogP contribution in [0.25, 0.3) is 10.9 Å². The Morgan fingerprint density at radius 3 is 2.28 bits per heavy atom. The van der Waals surface area contributed by atoms with Gasteiger partial charge in [-0.05, 0) is 30.4 Å². The number of hydrogen-bond acceptors (Lipinski definition) is 8. The minimum absolute atomic E-state index is 0.00732. The zero-order valence-electron chi connectivity index (χ0n) is 25.8. The van der Waals surface area contributed by atoms with Crippen molar-refractivity contribution in [2.75, 3.05) is 6.54 Å². The SMILES string of the molecule is CC[C@H](C)[C@H](NC(=O)[C@H](CC(N)=O)NC(=O)[C@@H](N)CC(N)=O)C(=O)N1CCC[C@H]1C(=O)N[C@@H](Cc1c[nH]c2ccccc12)C(=O)O. The number of aromatic amines is 1. The van der Waals surface area contributed by atoms with Gasteiger partial charge in [-0.15, -0.1) is 0 Å². The molecular weight excluding hydrogens is 600 g/mol. The summed E-state index contributed by atoms with van der Waals surface area (Å²) >= 11 is 0. The van der Waals surface area contributed by atoms with E-state index in [0.29, 0.717) is 18.4 Å². The summed E-state index contributed by atoms with van der Waals surface area (Å²) in [5, 5.41) is 18.2. The number of fused-ring (bicyclic) bond motifs is 1. The molecule has 1 aliphatic heterocycles. The van der Waals surface area contributed by atoms with Crippen LogP contribution in [0, 0.1) is 5.92 Å². The molecule has 0 unspecified atom stereocenters. The molecule has 11 N–H and O–H groups in total. The molecule has 6 amide bonds. The number of amides is 6. The normalized spacial score (nSPS) is 17.7. The fourth-order valence-electron chi connectivity index (χ4n) is 5.41. The van der Waals surface area contributed by atoms with Crippen molar-refractivity contribution in [1.29, 1.82) is 0 Å². The molecule has 250 valence electrons. The number of aliphatic carboxylic acids is 1. The van der Waals surface area contributed by atoms with E-state index in [4.69, 9.17) is 17.2 Å². The number of rotatable bonds is 16. The van der Waals surface area contributed by atoms with Crippen LogP contribution >= 0.6 is 0 Å². The van der Waals surface area contributed by atoms with Crippen LogP contribution in [0.2, 0.25) is 0 Å². The summed E-state index contributed by atoms with van der Waals surface area (Å²) in [4.78, 5) is 92.5. The molecule has 1 fully saturated rings. The second-order valence-electron chi connectivity index (χ2n) is 11.5. The van der Waals surface area contributed by atoms with Gasteiger partial charge in [-0.3, -0.25) is 28.8 Å². The Labute approximate surface area is 265 Å². The molecule has 46 heavy (non-hydrogen) atoms. The quantitative estimate of drug-likeness (QED) is 0.104. The topological polar surface area (TPSA) is 273 Å². The van der Waals surface area contributed by atoms with Gasteiger partial charge >= 0.3 is 5.97 Å². The lowest BCUT2D eigenvalue weighted by atomic mass is 9.96. The Kier molecular flexibility index (Phi) is 12.2. The van der Waals surface area contributed by atoms with Crippen LogP contribution in [0.15, 0.2) is 30.5 Å². The van der Waals surface area contributed by atoms with Gasteiger partial charge in [0.05, 0.1) is 18.9 Å². The van der Waals surface area contributed by atoms with E-state index in [1.54, 1.807) is 20.0 Å². The molecule has 6 atom stereocenters. The number of nitrogens with two attached hydrogens (primary N) is 3. The van der Waals surface area contributed by atoms with Crippen molar-refractivity contribution >= 4 is 52.3 Å². The molecule has 3 rings (SSSR count). The van der Waals surface area contributed by atoms with Crippen molar-refractivity contribution in [3.63, 3.8) is 0 Å². The summed E-state index contributed by atoms with van der Waals surface area (Å²) in [6, 6.07) is 1.04. The monoisotopic (exact) mass is 642 g/mol. The molecule has 0 bridgehead atoms. The number of carbonyl (C=O) groups is 7. The van der Waals surface area contributed by atoms with Gasteiger partial charge in [0.15, 0.2) is 0 Å². The number of likely N-dealkylation sites (tertiary alicyclic amines) is 1. The third-order valence-corrected chi connectivity index (χ3v) is 8.13. The summed E-state index contributed by atoms with van der Waals surface area (Å²) in [6.07, 6.45) is 1.74. The summed E-state index contributed by atoms with van der Waals surface area (Å²) in [6.45, 7) is 3.68. The number of hydrogen-bond donors (Lipinski definition) is 8. The van der Waals surface area contributed by atoms with Crippen molar-refractivity contribution in [1.82, 2.24) is 25.8 Å². The summed E-state index contributed by atoms with van der Waals surface area (Å²) in [5.41, 5.74) is 17.6. The number of aromatic nitrogens is 1. The first-order valence-corrected chi connectivity index (χ1v) is 15.0. The van der Waals surface area contributed by atoms with Crippen LogP contribution in [-0.2, 0) is 40.0 Å². The van der Waals surface area contributed by atoms with Gasteiger partial charge < -0.3 is 48.1 Å². The molecule has 2 aromatic rings. The number of carboxylic acid groups (broad SMARTS) is 1. The predicted octanol–water partition coefficient (Wildman–Crippen LogP) is -1.64. The second-order valence-corrected chi connectivity index (χ2v) is 11.5. The van der Waals surface area contributed by atoms with Crippen molar-refractivity contribution in [3.05, 3.63) is 36.0 Å². The fraction of sp³-hybridized carbons (Fsp3) is 0.500. The highest BCUT2D eigenvalue weighted by Crippen LogP contribution is 2.23. The molecule has 16 heteroatoms. The van der Waals surface area contributed by atoms with Gasteiger partial charge in [0.1, 0.15) is 24.2 Å². The van der Waals surface area contributed by atoms with E-state index in [-0.39, 0.29) is 19.4 Å². The molecule has 1 aliphatic rings. The molecule has 0 spiro atoms. The molecular formula is C30H42N8O8. The lowest BCUT2D eigenvalue weighted by Gasteiger charge is -2.32. The first-order valence-electron chi connectivity index (χ1n) is 15.0. The van der Waals surface area contributed by atoms with Gasteiger partial charge in [-0.1, -0.05) is 38.5 Å². The zero-order chi connectivity index (χ0) is 34.1. The van der Waals surface area contributed by atoms with Crippen molar-refractivity contribution in [3.8, 4) is 0 Å². The van der Waals surface area contributed by atoms with Crippen LogP contribution in [0.5, 0.6) is 0 Å². The maximum absolute atomic E-state index is 13.9. The highest BCUT2D eigenvalue weighted by atomic mass is 16.4. The van der Waals surface area contributed by atoms with Crippen molar-refractivity contribution in [2.24, 2.45) is 23.1 Å². The highest BCUT2D eigenvalue weighted by Gasteiger charge is 2.41. The van der Waals surface area contributed by atoms with Crippen LogP contribution in [0.1, 0.15) is 51.5 Å². The number of nitrogens with zero attached hydrogens (tertiary/aromatic N) is 1. The molecule has 1 aromatic heterocycles. The third-order valence-electron chi connectivity index (χ3n) is 8.13. The van der Waals surface area contributed by atoms with E-state index in [2.05, 4.69) is 20.9 Å². The number of para-hydroxylation sites is 1. The molecule has 0 aliphatic carbocycles. The Hall–Kier alpha value is -4.99. The predicted molar refractivity (Wildman–Crippen MR) is 165 cm³/mol. The van der Waals surface area contributed by atoms with Gasteiger partial charge in [0, 0.05) is 30.1 Å². The number of nitrogens with one attached hydrogen (secondary N) is 4. The average molecular weight is 643 g/mol. The van der Waals surface area contributed by atoms with E-state index in [9.17, 15) is 38.7 Å². The second kappa shape index (κ2) is 15.8. The van der Waals surface area contributed by atoms with Crippen LogP contribution in [-0.4, -0.2) is 93.2 Å². The molecule has 0 saturated carbocycles. The Morgan fingerprint density at radius 1 is 0.978 bits per heavy atom. The van der Waals surface area contributed by atoms with E-state index < -0.39 is 90.4 Å². The maximum atomic E-state index is 13.9. The molecule has 0 radical (unpaired) electrons. The van der Waals surface area contributed by atoms with Gasteiger partial charge in [0.25, 0.3) is 0 Å². The molecule has 16 nitrogen and oxygen atoms in total. The first kappa shape index (κ1) is 35.5. The van der Waals surface area contributed by atoms with Crippen molar-refractivity contribution in [2.45, 2.75) is 82.6 Å². The van der Waals surface area contributed by atoms with Gasteiger partial charge in [-0.25, -0.2) is 4.79 Å². The maximum Gasteiger partial charge on any atom is 0.326 e. The van der Waals surface area contributed by atoms with Crippen LogP contribution < -0.4 is 33.2 Å². The minimum atomic E-state index is -1.51. The Bertz CT molecular complexity index is 1480. The Balaban J connectivity index is 1.76. The van der Waals surface area contributed by atoms with E-state index >= 15 is 0 Å². The van der Waals surface area contributed by atoms with E-state index in [1.807, 2.05) is 24.3 Å². The number of carbonyl (C=O) groups excluding carboxylic acids is 6. The fourth-order valence-corrected chi connectivity index (χ4v) is 5.41. The molecule has 2 heterocycles. The van der Waals surface area contributed by atoms with Gasteiger partial charge in [-0.2, -0.15) is 0 Å². The van der Waals surface area contributed by atoms with E-state index in [1.165, 1.54) is 4.90 Å². The average Bonchev–Trinajstić information content (AvgIpc) is 3.65. The highest BCUT2D eigenvalue weighted by molar-refractivity contribution is 5.98. The number of benzene rings is 1. The van der Waals surface area contributed by atoms with Crippen molar-refractivity contribution < 1.29 is 38.7 Å². The lowest BCUT2D eigenvalue weighted by Crippen LogP contribution is -2.60. The summed E-state index contributed by atoms with van der Waals surface area (Å²) in [7, 11) is 0. The van der Waals surface area contributed by atoms with Crippen LogP contribution in [0.4, 0.5) is 0 Å². The van der Waals surface area contributed by atoms with Crippen LogP contribution in [0.3, 0.4) is 0 Å². The Morgan fingerprint density at radius 2 is 1.65 bits per heavy atom. The summed E-state index contributed by atoms with van der Waals surface area (Å²) in [5.74, 6) is -6.52. The number of carboxylic acids is 1. The zero-order valence-corrected chi connectivity index (χ0v) is 25.8. The molecule has 1 aromatic carbocycles. The smallest absolute Gasteiger partial charge is 0.326 e. The number of primary amides is 2. The largest absolute Gasteiger partial charge is 0.480 e. The van der Waals surface area contributed by atoms with E-state index in [0.717, 1.165) is 10.9 Å².